The summed E-state index contributed by atoms with van der Waals surface area (Å²) in [6.45, 7) is 7.99. The Morgan fingerprint density at radius 2 is 2.07 bits per heavy atom. The molecule has 1 saturated heterocycles. The summed E-state index contributed by atoms with van der Waals surface area (Å²) in [7, 11) is 0. The van der Waals surface area contributed by atoms with Crippen LogP contribution in [0.4, 0.5) is 0 Å². The molecular weight excluding hydrogens is 346 g/mol. The van der Waals surface area contributed by atoms with Crippen LogP contribution in [0.25, 0.3) is 0 Å². The number of hydrazine groups is 1. The van der Waals surface area contributed by atoms with E-state index in [2.05, 4.69) is 47.8 Å². The predicted molar refractivity (Wildman–Crippen MR) is 119 cm³/mol. The summed E-state index contributed by atoms with van der Waals surface area (Å²) in [5.74, 6) is 5.50. The molecule has 1 aliphatic carbocycles. The van der Waals surface area contributed by atoms with Crippen molar-refractivity contribution in [2.45, 2.75) is 71.3 Å². The molecule has 28 heavy (non-hydrogen) atoms. The predicted octanol–water partition coefficient (Wildman–Crippen LogP) is 3.93. The lowest BCUT2D eigenvalue weighted by atomic mass is 9.89. The van der Waals surface area contributed by atoms with Gasteiger partial charge in [0.2, 0.25) is 0 Å². The normalized spacial score (nSPS) is 24.2. The van der Waals surface area contributed by atoms with Crippen LogP contribution >= 0.6 is 0 Å². The Labute approximate surface area is 170 Å². The molecule has 1 unspecified atom stereocenters. The van der Waals surface area contributed by atoms with Crippen LogP contribution in [0.2, 0.25) is 0 Å². The molecule has 5 nitrogen and oxygen atoms in total. The molecular formula is C23H37N5. The molecule has 2 heterocycles. The Bertz CT molecular complexity index is 677. The van der Waals surface area contributed by atoms with Gasteiger partial charge in [0.05, 0.1) is 11.4 Å². The van der Waals surface area contributed by atoms with E-state index in [9.17, 15) is 0 Å². The lowest BCUT2D eigenvalue weighted by molar-refractivity contribution is 0.284. The first kappa shape index (κ1) is 20.9. The Balaban J connectivity index is 1.63. The first-order valence-electron chi connectivity index (χ1n) is 11.0. The van der Waals surface area contributed by atoms with Gasteiger partial charge in [0.25, 0.3) is 0 Å². The van der Waals surface area contributed by atoms with Gasteiger partial charge in [-0.15, -0.1) is 0 Å². The van der Waals surface area contributed by atoms with Gasteiger partial charge in [-0.25, -0.2) is 0 Å². The van der Waals surface area contributed by atoms with Crippen LogP contribution in [-0.4, -0.2) is 36.3 Å². The van der Waals surface area contributed by atoms with Crippen LogP contribution in [-0.2, 0) is 0 Å². The van der Waals surface area contributed by atoms with Crippen molar-refractivity contribution in [1.82, 2.24) is 15.6 Å². The van der Waals surface area contributed by atoms with Crippen molar-refractivity contribution < 1.29 is 0 Å². The Hall–Kier alpha value is -1.85. The molecule has 0 spiro atoms. The smallest absolute Gasteiger partial charge is 0.0874 e. The third-order valence-corrected chi connectivity index (χ3v) is 6.13. The van der Waals surface area contributed by atoms with Crippen LogP contribution < -0.4 is 16.6 Å². The van der Waals surface area contributed by atoms with E-state index in [1.807, 2.05) is 0 Å². The molecule has 1 fully saturated rings. The van der Waals surface area contributed by atoms with Crippen LogP contribution in [0.3, 0.4) is 0 Å². The average molecular weight is 384 g/mol. The highest BCUT2D eigenvalue weighted by Crippen LogP contribution is 2.30. The van der Waals surface area contributed by atoms with E-state index < -0.39 is 0 Å². The molecule has 154 valence electrons. The molecule has 1 atom stereocenters. The van der Waals surface area contributed by atoms with Crippen LogP contribution in [0.15, 0.2) is 52.0 Å². The highest BCUT2D eigenvalue weighted by Gasteiger charge is 2.24. The Kier molecular flexibility index (Phi) is 7.92. The molecule has 4 N–H and O–H groups in total. The Morgan fingerprint density at radius 3 is 2.75 bits per heavy atom. The second kappa shape index (κ2) is 10.6. The summed E-state index contributed by atoms with van der Waals surface area (Å²) >= 11 is 0. The number of allylic oxidation sites excluding steroid dienone is 4. The Morgan fingerprint density at radius 1 is 1.25 bits per heavy atom. The van der Waals surface area contributed by atoms with Crippen LogP contribution in [0.5, 0.6) is 0 Å². The number of unbranched alkanes of at least 4 members (excludes halogenated alkanes) is 2. The molecule has 0 aromatic rings. The van der Waals surface area contributed by atoms with Crippen LogP contribution in [0, 0.1) is 0 Å². The van der Waals surface area contributed by atoms with E-state index in [-0.39, 0.29) is 0 Å². The largest absolute Gasteiger partial charge is 0.358 e. The number of hydrogen-bond donors (Lipinski definition) is 3. The maximum atomic E-state index is 5.50. The van der Waals surface area contributed by atoms with Crippen molar-refractivity contribution in [3.8, 4) is 0 Å². The highest BCUT2D eigenvalue weighted by atomic mass is 15.2. The topological polar surface area (TPSA) is 65.7 Å². The zero-order chi connectivity index (χ0) is 19.8. The van der Waals surface area contributed by atoms with Crippen molar-refractivity contribution in [2.75, 3.05) is 19.6 Å². The summed E-state index contributed by atoms with van der Waals surface area (Å²) in [4.78, 5) is 7.51. The SMILES string of the molecule is CCCCC/N=C1/C(CC2=CC=C(C(C)N3CCCC3)CC2)=CN/C1=C\NN. The molecule has 0 aromatic carbocycles. The number of nitrogens with two attached hydrogens (primary N) is 1. The molecule has 3 rings (SSSR count). The lowest BCUT2D eigenvalue weighted by Crippen LogP contribution is -2.32. The third-order valence-electron chi connectivity index (χ3n) is 6.13. The molecule has 0 bridgehead atoms. The highest BCUT2D eigenvalue weighted by molar-refractivity contribution is 6.14. The molecule has 2 aliphatic heterocycles. The van der Waals surface area contributed by atoms with E-state index in [0.29, 0.717) is 6.04 Å². The van der Waals surface area contributed by atoms with E-state index in [1.165, 1.54) is 56.3 Å². The lowest BCUT2D eigenvalue weighted by Gasteiger charge is -2.28. The van der Waals surface area contributed by atoms with E-state index in [1.54, 1.807) is 11.8 Å². The van der Waals surface area contributed by atoms with E-state index in [0.717, 1.165) is 37.2 Å². The van der Waals surface area contributed by atoms with Crippen molar-refractivity contribution in [3.05, 3.63) is 47.0 Å². The van der Waals surface area contributed by atoms with Crippen molar-refractivity contribution in [3.63, 3.8) is 0 Å². The van der Waals surface area contributed by atoms with Gasteiger partial charge in [-0.1, -0.05) is 43.1 Å². The minimum atomic E-state index is 0.591. The molecule has 0 amide bonds. The van der Waals surface area contributed by atoms with Gasteiger partial charge in [0.1, 0.15) is 0 Å². The van der Waals surface area contributed by atoms with Gasteiger partial charge in [0, 0.05) is 25.0 Å². The zero-order valence-electron chi connectivity index (χ0n) is 17.6. The fourth-order valence-electron chi connectivity index (χ4n) is 4.34. The number of nitrogens with one attached hydrogen (secondary N) is 2. The first-order chi connectivity index (χ1) is 13.7. The number of aliphatic imine (C=N–C) groups is 1. The molecule has 0 saturated carbocycles. The number of nitrogens with zero attached hydrogens (tertiary/aromatic N) is 2. The van der Waals surface area contributed by atoms with Gasteiger partial charge in [-0.05, 0) is 64.1 Å². The minimum Gasteiger partial charge on any atom is -0.358 e. The monoisotopic (exact) mass is 383 g/mol. The second-order valence-corrected chi connectivity index (χ2v) is 8.14. The van der Waals surface area contributed by atoms with Crippen LogP contribution in [0.1, 0.15) is 65.2 Å². The number of likely N-dealkylation sites (tertiary alicyclic amines) is 1. The maximum Gasteiger partial charge on any atom is 0.0874 e. The summed E-state index contributed by atoms with van der Waals surface area (Å²) in [6.07, 6.45) is 18.2. The number of rotatable bonds is 9. The fraction of sp³-hybridized carbons (Fsp3) is 0.609. The van der Waals surface area contributed by atoms with Crippen molar-refractivity contribution >= 4 is 5.71 Å². The van der Waals surface area contributed by atoms with Gasteiger partial charge in [-0.3, -0.25) is 15.7 Å². The fourth-order valence-corrected chi connectivity index (χ4v) is 4.34. The summed E-state index contributed by atoms with van der Waals surface area (Å²) < 4.78 is 0. The zero-order valence-corrected chi connectivity index (χ0v) is 17.6. The standard InChI is InChI=1S/C23H37N5/c1-3-4-5-12-25-23-21(16-26-22(23)17-27-24)15-19-8-10-20(11-9-19)18(2)28-13-6-7-14-28/h8,10,16-18,26-27H,3-7,9,11-15,24H2,1-2H3/b22-17-,25-23-. The molecule has 5 heteroatoms. The van der Waals surface area contributed by atoms with E-state index >= 15 is 0 Å². The molecule has 3 aliphatic rings. The summed E-state index contributed by atoms with van der Waals surface area (Å²) in [6, 6.07) is 0.591. The first-order valence-corrected chi connectivity index (χ1v) is 11.0. The molecule has 0 aromatic heterocycles. The van der Waals surface area contributed by atoms with E-state index in [4.69, 9.17) is 10.8 Å². The van der Waals surface area contributed by atoms with Gasteiger partial charge in [0.15, 0.2) is 0 Å². The second-order valence-electron chi connectivity index (χ2n) is 8.14. The van der Waals surface area contributed by atoms with Gasteiger partial charge < -0.3 is 10.7 Å². The summed E-state index contributed by atoms with van der Waals surface area (Å²) in [5.41, 5.74) is 9.04. The maximum absolute atomic E-state index is 5.50. The summed E-state index contributed by atoms with van der Waals surface area (Å²) in [5, 5.41) is 3.33. The van der Waals surface area contributed by atoms with Crippen molar-refractivity contribution in [2.24, 2.45) is 10.8 Å². The minimum absolute atomic E-state index is 0.591. The quantitative estimate of drug-likeness (QED) is 0.321. The van der Waals surface area contributed by atoms with Gasteiger partial charge >= 0.3 is 0 Å². The van der Waals surface area contributed by atoms with Gasteiger partial charge in [-0.2, -0.15) is 0 Å². The van der Waals surface area contributed by atoms with Crippen molar-refractivity contribution in [1.29, 1.82) is 0 Å². The number of hydrogen-bond acceptors (Lipinski definition) is 5. The third kappa shape index (κ3) is 5.36. The average Bonchev–Trinajstić information content (AvgIpc) is 3.37. The molecule has 0 radical (unpaired) electrons.